The largest absolute Gasteiger partial charge is 0.303 e. The van der Waals surface area contributed by atoms with Crippen LogP contribution in [0.15, 0.2) is 42.9 Å². The van der Waals surface area contributed by atoms with E-state index in [1.54, 1.807) is 18.6 Å². The first-order chi connectivity index (χ1) is 8.18. The smallest absolute Gasteiger partial charge is 0.0885 e. The van der Waals surface area contributed by atoms with E-state index in [1.807, 2.05) is 0 Å². The fraction of sp³-hybridized carbons (Fsp3) is 0.286. The van der Waals surface area contributed by atoms with Crippen molar-refractivity contribution in [2.75, 3.05) is 14.1 Å². The summed E-state index contributed by atoms with van der Waals surface area (Å²) in [5.74, 6) is 0. The second-order valence-corrected chi connectivity index (χ2v) is 4.36. The summed E-state index contributed by atoms with van der Waals surface area (Å²) in [6.07, 6.45) is 5.20. The molecule has 0 aliphatic heterocycles. The van der Waals surface area contributed by atoms with E-state index in [0.717, 1.165) is 11.3 Å². The molecule has 3 nitrogen and oxygen atoms in total. The zero-order valence-electron chi connectivity index (χ0n) is 10.5. The Morgan fingerprint density at radius 3 is 2.65 bits per heavy atom. The molecule has 2 rings (SSSR count). The van der Waals surface area contributed by atoms with Gasteiger partial charge in [0, 0.05) is 24.0 Å². The van der Waals surface area contributed by atoms with Gasteiger partial charge in [0.25, 0.3) is 0 Å². The van der Waals surface area contributed by atoms with Crippen LogP contribution in [-0.4, -0.2) is 29.0 Å². The molecule has 0 amide bonds. The van der Waals surface area contributed by atoms with Crippen molar-refractivity contribution in [3.05, 3.63) is 48.4 Å². The van der Waals surface area contributed by atoms with Gasteiger partial charge in [0.2, 0.25) is 0 Å². The number of hydrogen-bond donors (Lipinski definition) is 0. The molecule has 0 saturated heterocycles. The van der Waals surface area contributed by atoms with Gasteiger partial charge < -0.3 is 4.90 Å². The Morgan fingerprint density at radius 1 is 1.18 bits per heavy atom. The normalized spacial score (nSPS) is 12.7. The maximum Gasteiger partial charge on any atom is 0.0885 e. The summed E-state index contributed by atoms with van der Waals surface area (Å²) in [4.78, 5) is 10.6. The monoisotopic (exact) mass is 227 g/mol. The highest BCUT2D eigenvalue weighted by molar-refractivity contribution is 5.59. The van der Waals surface area contributed by atoms with Crippen LogP contribution >= 0.6 is 0 Å². The minimum absolute atomic E-state index is 0.395. The van der Waals surface area contributed by atoms with Crippen molar-refractivity contribution >= 4 is 0 Å². The summed E-state index contributed by atoms with van der Waals surface area (Å²) >= 11 is 0. The van der Waals surface area contributed by atoms with Crippen LogP contribution in [-0.2, 0) is 0 Å². The highest BCUT2D eigenvalue weighted by Gasteiger charge is 2.08. The van der Waals surface area contributed by atoms with Crippen molar-refractivity contribution in [1.82, 2.24) is 14.9 Å². The maximum absolute atomic E-state index is 4.32. The molecule has 0 radical (unpaired) electrons. The first-order valence-corrected chi connectivity index (χ1v) is 5.71. The van der Waals surface area contributed by atoms with Gasteiger partial charge in [-0.05, 0) is 32.6 Å². The molecule has 0 fully saturated rings. The van der Waals surface area contributed by atoms with Crippen molar-refractivity contribution < 1.29 is 0 Å². The molecule has 1 atom stereocenters. The summed E-state index contributed by atoms with van der Waals surface area (Å²) in [5.41, 5.74) is 3.32. The zero-order valence-corrected chi connectivity index (χ0v) is 10.5. The standard InChI is InChI=1S/C14H17N3/c1-11(17(2)3)12-5-4-6-13(9-12)14-10-15-7-8-16-14/h4-11H,1-3H3. The van der Waals surface area contributed by atoms with Gasteiger partial charge in [0.1, 0.15) is 0 Å². The van der Waals surface area contributed by atoms with Crippen LogP contribution in [0.3, 0.4) is 0 Å². The highest BCUT2D eigenvalue weighted by Crippen LogP contribution is 2.23. The minimum atomic E-state index is 0.395. The third kappa shape index (κ3) is 2.68. The summed E-state index contributed by atoms with van der Waals surface area (Å²) in [5, 5.41) is 0. The van der Waals surface area contributed by atoms with E-state index in [2.05, 4.69) is 60.2 Å². The van der Waals surface area contributed by atoms with Crippen LogP contribution in [0.25, 0.3) is 11.3 Å². The fourth-order valence-electron chi connectivity index (χ4n) is 1.70. The molecule has 1 aromatic carbocycles. The lowest BCUT2D eigenvalue weighted by Crippen LogP contribution is -2.16. The quantitative estimate of drug-likeness (QED) is 0.807. The van der Waals surface area contributed by atoms with E-state index in [4.69, 9.17) is 0 Å². The molecule has 2 aromatic rings. The van der Waals surface area contributed by atoms with Crippen LogP contribution in [0, 0.1) is 0 Å². The lowest BCUT2D eigenvalue weighted by atomic mass is 10.0. The Balaban J connectivity index is 2.35. The van der Waals surface area contributed by atoms with Gasteiger partial charge in [0.15, 0.2) is 0 Å². The SMILES string of the molecule is CC(c1cccc(-c2cnccn2)c1)N(C)C. The molecule has 0 aliphatic carbocycles. The second-order valence-electron chi connectivity index (χ2n) is 4.36. The molecule has 1 unspecified atom stereocenters. The Kier molecular flexibility index (Phi) is 3.49. The Bertz CT molecular complexity index is 480. The van der Waals surface area contributed by atoms with Gasteiger partial charge in [-0.25, -0.2) is 0 Å². The molecule has 1 heterocycles. The number of benzene rings is 1. The summed E-state index contributed by atoms with van der Waals surface area (Å²) < 4.78 is 0. The summed E-state index contributed by atoms with van der Waals surface area (Å²) in [6, 6.07) is 8.85. The van der Waals surface area contributed by atoms with Gasteiger partial charge in [-0.3, -0.25) is 9.97 Å². The third-order valence-corrected chi connectivity index (χ3v) is 3.00. The van der Waals surface area contributed by atoms with E-state index in [-0.39, 0.29) is 0 Å². The third-order valence-electron chi connectivity index (χ3n) is 3.00. The Labute approximate surface area is 102 Å². The zero-order chi connectivity index (χ0) is 12.3. The van der Waals surface area contributed by atoms with Crippen molar-refractivity contribution in [2.24, 2.45) is 0 Å². The molecule has 0 bridgehead atoms. The van der Waals surface area contributed by atoms with Crippen molar-refractivity contribution in [2.45, 2.75) is 13.0 Å². The predicted molar refractivity (Wildman–Crippen MR) is 69.6 cm³/mol. The first kappa shape index (κ1) is 11.7. The topological polar surface area (TPSA) is 29.0 Å². The average Bonchev–Trinajstić information content (AvgIpc) is 2.39. The van der Waals surface area contributed by atoms with E-state index in [9.17, 15) is 0 Å². The molecular formula is C14H17N3. The van der Waals surface area contributed by atoms with Gasteiger partial charge in [0.05, 0.1) is 11.9 Å². The molecule has 0 aliphatic rings. The van der Waals surface area contributed by atoms with E-state index < -0.39 is 0 Å². The van der Waals surface area contributed by atoms with Crippen molar-refractivity contribution in [3.8, 4) is 11.3 Å². The molecule has 0 saturated carbocycles. The van der Waals surface area contributed by atoms with Crippen LogP contribution in [0.5, 0.6) is 0 Å². The van der Waals surface area contributed by atoms with Gasteiger partial charge >= 0.3 is 0 Å². The highest BCUT2D eigenvalue weighted by atomic mass is 15.1. The molecule has 0 N–H and O–H groups in total. The van der Waals surface area contributed by atoms with Gasteiger partial charge in [-0.15, -0.1) is 0 Å². The molecule has 17 heavy (non-hydrogen) atoms. The van der Waals surface area contributed by atoms with Crippen molar-refractivity contribution in [1.29, 1.82) is 0 Å². The van der Waals surface area contributed by atoms with E-state index in [0.29, 0.717) is 6.04 Å². The predicted octanol–water partition coefficient (Wildman–Crippen LogP) is 2.77. The molecule has 0 spiro atoms. The Hall–Kier alpha value is -1.74. The molecular weight excluding hydrogens is 210 g/mol. The minimum Gasteiger partial charge on any atom is -0.303 e. The van der Waals surface area contributed by atoms with Crippen LogP contribution < -0.4 is 0 Å². The number of hydrogen-bond acceptors (Lipinski definition) is 3. The molecule has 1 aromatic heterocycles. The number of rotatable bonds is 3. The first-order valence-electron chi connectivity index (χ1n) is 5.71. The van der Waals surface area contributed by atoms with Crippen LogP contribution in [0.1, 0.15) is 18.5 Å². The second kappa shape index (κ2) is 5.06. The van der Waals surface area contributed by atoms with E-state index >= 15 is 0 Å². The van der Waals surface area contributed by atoms with Crippen LogP contribution in [0.2, 0.25) is 0 Å². The Morgan fingerprint density at radius 2 is 2.00 bits per heavy atom. The summed E-state index contributed by atoms with van der Waals surface area (Å²) in [7, 11) is 4.17. The lowest BCUT2D eigenvalue weighted by molar-refractivity contribution is 0.321. The number of aromatic nitrogens is 2. The van der Waals surface area contributed by atoms with Gasteiger partial charge in [-0.1, -0.05) is 18.2 Å². The van der Waals surface area contributed by atoms with Gasteiger partial charge in [-0.2, -0.15) is 0 Å². The number of nitrogens with zero attached hydrogens (tertiary/aromatic N) is 3. The maximum atomic E-state index is 4.32. The molecule has 88 valence electrons. The summed E-state index contributed by atoms with van der Waals surface area (Å²) in [6.45, 7) is 2.19. The van der Waals surface area contributed by atoms with Crippen LogP contribution in [0.4, 0.5) is 0 Å². The fourth-order valence-corrected chi connectivity index (χ4v) is 1.70. The average molecular weight is 227 g/mol. The lowest BCUT2D eigenvalue weighted by Gasteiger charge is -2.20. The van der Waals surface area contributed by atoms with E-state index in [1.165, 1.54) is 5.56 Å². The molecule has 3 heteroatoms. The van der Waals surface area contributed by atoms with Crippen molar-refractivity contribution in [3.63, 3.8) is 0 Å².